The fourth-order valence-corrected chi connectivity index (χ4v) is 7.42. The Morgan fingerprint density at radius 2 is 1.48 bits per heavy atom. The fraction of sp³-hybridized carbons (Fsp3) is 0.175. The van der Waals surface area contributed by atoms with Crippen molar-refractivity contribution in [3.05, 3.63) is 132 Å². The second kappa shape index (κ2) is 14.6. The van der Waals surface area contributed by atoms with Crippen LogP contribution in [-0.2, 0) is 23.3 Å². The number of aromatic nitrogens is 4. The summed E-state index contributed by atoms with van der Waals surface area (Å²) in [5, 5.41) is 13.9. The van der Waals surface area contributed by atoms with Crippen molar-refractivity contribution in [1.29, 1.82) is 0 Å². The van der Waals surface area contributed by atoms with E-state index < -0.39 is 0 Å². The number of nitrogens with zero attached hydrogens (tertiary/aromatic N) is 5. The van der Waals surface area contributed by atoms with Gasteiger partial charge in [-0.2, -0.15) is 0 Å². The second-order valence-electron chi connectivity index (χ2n) is 12.4. The Kier molecular flexibility index (Phi) is 9.40. The van der Waals surface area contributed by atoms with Crippen molar-refractivity contribution in [3.63, 3.8) is 0 Å². The van der Waals surface area contributed by atoms with Crippen LogP contribution in [0, 0.1) is 13.8 Å². The molecule has 0 aliphatic carbocycles. The molecule has 4 heterocycles. The van der Waals surface area contributed by atoms with E-state index in [-0.39, 0.29) is 6.23 Å². The topological polar surface area (TPSA) is 125 Å². The van der Waals surface area contributed by atoms with E-state index in [1.165, 1.54) is 23.5 Å². The number of ether oxygens (including phenoxy) is 1. The average molecular weight is 727 g/mol. The van der Waals surface area contributed by atoms with Gasteiger partial charge in [0.15, 0.2) is 17.4 Å². The van der Waals surface area contributed by atoms with Crippen LogP contribution in [0.25, 0.3) is 44.8 Å². The van der Waals surface area contributed by atoms with Gasteiger partial charge in [-0.25, -0.2) is 9.97 Å². The van der Waals surface area contributed by atoms with Crippen molar-refractivity contribution in [1.82, 2.24) is 25.6 Å². The fourth-order valence-electron chi connectivity index (χ4n) is 6.01. The highest BCUT2D eigenvalue weighted by molar-refractivity contribution is 7.99. The number of thioether (sulfide) groups is 2. The van der Waals surface area contributed by atoms with Crippen LogP contribution in [0.3, 0.4) is 0 Å². The summed E-state index contributed by atoms with van der Waals surface area (Å²) in [6, 6.07) is 24.4. The molecule has 0 saturated carbocycles. The molecule has 1 aliphatic heterocycles. The maximum Gasteiger partial charge on any atom is 0.257 e. The minimum Gasteiger partial charge on any atom is -0.450 e. The highest BCUT2D eigenvalue weighted by atomic mass is 32.2. The first kappa shape index (κ1) is 33.5. The molecular formula is C40H34N6O4S2. The van der Waals surface area contributed by atoms with Gasteiger partial charge in [-0.1, -0.05) is 71.1 Å². The molecular weight excluding hydrogens is 693 g/mol. The molecule has 0 radical (unpaired) electrons. The Morgan fingerprint density at radius 1 is 0.750 bits per heavy atom. The molecule has 1 aliphatic rings. The minimum absolute atomic E-state index is 0.315. The maximum atomic E-state index is 6.43. The number of allylic oxidation sites excluding steroid dienone is 2. The summed E-state index contributed by atoms with van der Waals surface area (Å²) in [6.07, 6.45) is 4.71. The predicted molar refractivity (Wildman–Crippen MR) is 205 cm³/mol. The monoisotopic (exact) mass is 726 g/mol. The van der Waals surface area contributed by atoms with Gasteiger partial charge in [0.2, 0.25) is 17.7 Å². The summed E-state index contributed by atoms with van der Waals surface area (Å²) < 4.78 is 24.7. The second-order valence-corrected chi connectivity index (χ2v) is 14.3. The Morgan fingerprint density at radius 3 is 2.27 bits per heavy atom. The number of nitrogens with one attached hydrogen (secondary N) is 1. The molecule has 7 aromatic rings. The number of aryl methyl sites for hydroxylation is 2. The van der Waals surface area contributed by atoms with E-state index in [9.17, 15) is 0 Å². The van der Waals surface area contributed by atoms with Crippen molar-refractivity contribution in [2.45, 2.75) is 49.1 Å². The Bertz CT molecular complexity index is 2480. The van der Waals surface area contributed by atoms with Crippen LogP contribution in [-0.4, -0.2) is 38.0 Å². The van der Waals surface area contributed by atoms with Crippen molar-refractivity contribution in [3.8, 4) is 22.6 Å². The first-order valence-electron chi connectivity index (χ1n) is 16.7. The van der Waals surface area contributed by atoms with Gasteiger partial charge in [-0.3, -0.25) is 5.43 Å². The standard InChI is InChI=1S/C40H34N6O4S2/c1-5-9-25-17-30(36-31(18-25)41-40(50-36)52-22-34-44-46-38(48-34)28-14-8-12-24(4)16-28)29-19-26(10-6-2)35-32(20-29)42-39(49-35)51-21-33-43-45-37(47-33)27-13-7-11-23(3)15-27/h5-8,11-20,34,44H,1-2,9-10,21-22H2,3-4H3. The van der Waals surface area contributed by atoms with Gasteiger partial charge in [0.05, 0.1) is 11.5 Å². The van der Waals surface area contributed by atoms with E-state index in [2.05, 4.69) is 46.0 Å². The number of hydrazone groups is 1. The SMILES string of the molecule is C=CCc1cc(-c2cc(CC=C)c3oc(SCc4nnc(-c5cccc(C)c5)o4)nc3c2)c2oc(SCC3NN=C(c4cccc(C)c4)O3)nc2c1. The quantitative estimate of drug-likeness (QED) is 0.0902. The molecule has 1 unspecified atom stereocenters. The van der Waals surface area contributed by atoms with Crippen molar-refractivity contribution < 1.29 is 18.0 Å². The van der Waals surface area contributed by atoms with E-state index in [0.717, 1.165) is 55.5 Å². The summed E-state index contributed by atoms with van der Waals surface area (Å²) in [6.45, 7) is 12.0. The van der Waals surface area contributed by atoms with Gasteiger partial charge >= 0.3 is 0 Å². The highest BCUT2D eigenvalue weighted by Gasteiger charge is 2.23. The molecule has 1 atom stereocenters. The van der Waals surface area contributed by atoms with Crippen LogP contribution in [0.2, 0.25) is 0 Å². The third kappa shape index (κ3) is 7.12. The van der Waals surface area contributed by atoms with Crippen LogP contribution < -0.4 is 5.43 Å². The van der Waals surface area contributed by atoms with Crippen LogP contribution >= 0.6 is 23.5 Å². The smallest absolute Gasteiger partial charge is 0.257 e. The van der Waals surface area contributed by atoms with Crippen LogP contribution in [0.5, 0.6) is 0 Å². The van der Waals surface area contributed by atoms with Crippen molar-refractivity contribution >= 4 is 51.6 Å². The number of oxazole rings is 2. The van der Waals surface area contributed by atoms with Gasteiger partial charge in [0, 0.05) is 22.3 Å². The molecule has 0 spiro atoms. The van der Waals surface area contributed by atoms with E-state index in [1.54, 1.807) is 0 Å². The van der Waals surface area contributed by atoms with Gasteiger partial charge in [0.25, 0.3) is 10.4 Å². The molecule has 3 aromatic heterocycles. The van der Waals surface area contributed by atoms with E-state index in [0.29, 0.717) is 63.6 Å². The van der Waals surface area contributed by atoms with Gasteiger partial charge in [0.1, 0.15) is 11.0 Å². The average Bonchev–Trinajstić information content (AvgIpc) is 3.96. The number of hydrogen-bond donors (Lipinski definition) is 1. The number of hydrogen-bond acceptors (Lipinski definition) is 12. The normalized spacial score (nSPS) is 14.0. The predicted octanol–water partition coefficient (Wildman–Crippen LogP) is 9.45. The first-order chi connectivity index (χ1) is 25.4. The zero-order chi connectivity index (χ0) is 35.6. The third-order valence-electron chi connectivity index (χ3n) is 8.37. The lowest BCUT2D eigenvalue weighted by molar-refractivity contribution is 0.213. The Hall–Kier alpha value is -5.59. The van der Waals surface area contributed by atoms with Crippen molar-refractivity contribution in [2.24, 2.45) is 5.10 Å². The lowest BCUT2D eigenvalue weighted by Crippen LogP contribution is -2.24. The van der Waals surface area contributed by atoms with Crippen molar-refractivity contribution in [2.75, 3.05) is 5.75 Å². The first-order valence-corrected chi connectivity index (χ1v) is 18.7. The minimum atomic E-state index is -0.315. The van der Waals surface area contributed by atoms with Gasteiger partial charge in [-0.05, 0) is 86.3 Å². The summed E-state index contributed by atoms with van der Waals surface area (Å²) in [4.78, 5) is 9.72. The number of benzene rings is 4. The van der Waals surface area contributed by atoms with Gasteiger partial charge < -0.3 is 18.0 Å². The molecule has 1 N–H and O–H groups in total. The van der Waals surface area contributed by atoms with Crippen LogP contribution in [0.1, 0.15) is 33.7 Å². The lowest BCUT2D eigenvalue weighted by atomic mass is 9.97. The molecule has 0 bridgehead atoms. The zero-order valence-corrected chi connectivity index (χ0v) is 30.2. The zero-order valence-electron chi connectivity index (χ0n) is 28.6. The number of rotatable bonds is 13. The van der Waals surface area contributed by atoms with Gasteiger partial charge in [-0.15, -0.1) is 28.5 Å². The molecule has 52 heavy (non-hydrogen) atoms. The molecule has 12 heteroatoms. The molecule has 8 rings (SSSR count). The Balaban J connectivity index is 1.04. The molecule has 0 amide bonds. The molecule has 0 fully saturated rings. The summed E-state index contributed by atoms with van der Waals surface area (Å²) >= 11 is 2.87. The van der Waals surface area contributed by atoms with Crippen LogP contribution in [0.15, 0.2) is 127 Å². The maximum absolute atomic E-state index is 6.43. The molecule has 10 nitrogen and oxygen atoms in total. The lowest BCUT2D eigenvalue weighted by Gasteiger charge is -2.09. The largest absolute Gasteiger partial charge is 0.450 e. The summed E-state index contributed by atoms with van der Waals surface area (Å²) in [5.74, 6) is 2.51. The summed E-state index contributed by atoms with van der Waals surface area (Å²) in [7, 11) is 0. The number of fused-ring (bicyclic) bond motifs is 2. The van der Waals surface area contributed by atoms with E-state index in [1.807, 2.05) is 86.7 Å². The Labute approximate surface area is 308 Å². The van der Waals surface area contributed by atoms with Crippen LogP contribution in [0.4, 0.5) is 0 Å². The van der Waals surface area contributed by atoms with E-state index in [4.69, 9.17) is 28.0 Å². The summed E-state index contributed by atoms with van der Waals surface area (Å²) in [5.41, 5.74) is 14.0. The van der Waals surface area contributed by atoms with E-state index >= 15 is 0 Å². The molecule has 0 saturated heterocycles. The highest BCUT2D eigenvalue weighted by Crippen LogP contribution is 2.38. The third-order valence-corrected chi connectivity index (χ3v) is 10.1. The molecule has 4 aromatic carbocycles. The molecule has 260 valence electrons.